The van der Waals surface area contributed by atoms with E-state index in [4.69, 9.17) is 9.63 Å². The first-order valence-electron chi connectivity index (χ1n) is 9.06. The van der Waals surface area contributed by atoms with Gasteiger partial charge < -0.3 is 14.9 Å². The van der Waals surface area contributed by atoms with Crippen molar-refractivity contribution >= 4 is 39.2 Å². The number of nitrogens with one attached hydrogen (secondary N) is 1. The molecule has 0 bridgehead atoms. The maximum atomic E-state index is 14.7. The van der Waals surface area contributed by atoms with Crippen LogP contribution in [-0.4, -0.2) is 28.7 Å². The van der Waals surface area contributed by atoms with Crippen LogP contribution in [0.25, 0.3) is 23.1 Å². The molecular formula is C21H16FN3O5S. The van der Waals surface area contributed by atoms with Crippen LogP contribution in [0.3, 0.4) is 0 Å². The molecule has 31 heavy (non-hydrogen) atoms. The molecule has 10 heteroatoms. The Morgan fingerprint density at radius 3 is 2.61 bits per heavy atom. The van der Waals surface area contributed by atoms with Gasteiger partial charge in [-0.15, -0.1) is 0 Å². The molecule has 4 aromatic rings. The summed E-state index contributed by atoms with van der Waals surface area (Å²) in [6, 6.07) is 13.4. The molecule has 0 atom stereocenters. The molecule has 0 saturated carbocycles. The number of fused-ring (bicyclic) bond motifs is 1. The van der Waals surface area contributed by atoms with Gasteiger partial charge >= 0.3 is 6.09 Å². The Bertz CT molecular complexity index is 1380. The number of benzene rings is 2. The number of aromatic nitrogens is 2. The van der Waals surface area contributed by atoms with Crippen LogP contribution < -0.4 is 5.32 Å². The second kappa shape index (κ2) is 8.07. The Hall–Kier alpha value is -3.92. The van der Waals surface area contributed by atoms with Gasteiger partial charge in [-0.2, -0.15) is 0 Å². The lowest BCUT2D eigenvalue weighted by Gasteiger charge is -2.12. The highest BCUT2D eigenvalue weighted by molar-refractivity contribution is 7.90. The Morgan fingerprint density at radius 1 is 1.16 bits per heavy atom. The lowest BCUT2D eigenvalue weighted by Crippen LogP contribution is -2.24. The summed E-state index contributed by atoms with van der Waals surface area (Å²) < 4.78 is 47.2. The molecule has 0 aliphatic rings. The number of nitrogens with zero attached hydrogens (tertiary/aromatic N) is 2. The van der Waals surface area contributed by atoms with Gasteiger partial charge in [0.15, 0.2) is 0 Å². The molecule has 2 N–H and O–H groups in total. The van der Waals surface area contributed by atoms with Crippen molar-refractivity contribution in [1.82, 2.24) is 14.4 Å². The lowest BCUT2D eigenvalue weighted by molar-refractivity contribution is 0.193. The largest absolute Gasteiger partial charge is 0.465 e. The van der Waals surface area contributed by atoms with Gasteiger partial charge in [-0.3, -0.25) is 0 Å². The van der Waals surface area contributed by atoms with E-state index in [0.29, 0.717) is 11.1 Å². The van der Waals surface area contributed by atoms with Gasteiger partial charge in [-0.25, -0.2) is 21.6 Å². The van der Waals surface area contributed by atoms with Crippen molar-refractivity contribution in [3.8, 4) is 0 Å². The van der Waals surface area contributed by atoms with Crippen LogP contribution in [-0.2, 0) is 16.6 Å². The molecule has 0 aliphatic carbocycles. The number of hydrogen-bond acceptors (Lipinski definition) is 5. The zero-order valence-corrected chi connectivity index (χ0v) is 16.7. The van der Waals surface area contributed by atoms with Gasteiger partial charge in [-0.05, 0) is 42.5 Å². The molecule has 158 valence electrons. The van der Waals surface area contributed by atoms with Crippen molar-refractivity contribution < 1.29 is 27.2 Å². The summed E-state index contributed by atoms with van der Waals surface area (Å²) in [6.45, 7) is -0.276. The smallest absolute Gasteiger partial charge is 0.404 e. The van der Waals surface area contributed by atoms with E-state index >= 15 is 0 Å². The second-order valence-corrected chi connectivity index (χ2v) is 8.35. The predicted molar refractivity (Wildman–Crippen MR) is 111 cm³/mol. The average Bonchev–Trinajstić information content (AvgIpc) is 3.38. The molecule has 0 aliphatic heterocycles. The average molecular weight is 441 g/mol. The Balaban J connectivity index is 1.91. The molecule has 2 aromatic heterocycles. The van der Waals surface area contributed by atoms with Gasteiger partial charge in [0.2, 0.25) is 0 Å². The first-order chi connectivity index (χ1) is 14.9. The molecule has 0 unspecified atom stereocenters. The Labute approximate surface area is 176 Å². The molecule has 2 aromatic carbocycles. The van der Waals surface area contributed by atoms with E-state index in [1.54, 1.807) is 24.3 Å². The van der Waals surface area contributed by atoms with Crippen molar-refractivity contribution in [2.45, 2.75) is 11.4 Å². The second-order valence-electron chi connectivity index (χ2n) is 6.57. The van der Waals surface area contributed by atoms with Crippen molar-refractivity contribution in [2.24, 2.45) is 0 Å². The van der Waals surface area contributed by atoms with Gasteiger partial charge in [0.1, 0.15) is 17.8 Å². The van der Waals surface area contributed by atoms with Crippen molar-refractivity contribution in [3.63, 3.8) is 0 Å². The summed E-state index contributed by atoms with van der Waals surface area (Å²) in [7, 11) is -4.08. The first-order valence-corrected chi connectivity index (χ1v) is 10.5. The maximum absolute atomic E-state index is 14.7. The van der Waals surface area contributed by atoms with E-state index in [2.05, 4.69) is 10.5 Å². The molecule has 1 amide bonds. The first kappa shape index (κ1) is 20.4. The minimum Gasteiger partial charge on any atom is -0.465 e. The zero-order chi connectivity index (χ0) is 22.0. The van der Waals surface area contributed by atoms with Crippen molar-refractivity contribution in [3.05, 3.63) is 83.6 Å². The van der Waals surface area contributed by atoms with E-state index < -0.39 is 21.9 Å². The van der Waals surface area contributed by atoms with Gasteiger partial charge in [0.05, 0.1) is 22.7 Å². The summed E-state index contributed by atoms with van der Waals surface area (Å²) >= 11 is 0. The highest BCUT2D eigenvalue weighted by Crippen LogP contribution is 2.29. The van der Waals surface area contributed by atoms with E-state index in [9.17, 15) is 17.6 Å². The standard InChI is InChI=1S/C21H16FN3O5S/c22-19-11-15-10-17(13-23-21(26)27)25(31(28,29)18-4-2-1-3-5-18)20(15)12-14(19)6-7-16-8-9-30-24-16/h1-12,23H,13H2,(H,26,27)/b7-6+. The summed E-state index contributed by atoms with van der Waals surface area (Å²) in [5, 5.41) is 15.2. The van der Waals surface area contributed by atoms with Crippen LogP contribution in [0.1, 0.15) is 17.0 Å². The number of rotatable bonds is 6. The van der Waals surface area contributed by atoms with Crippen LogP contribution in [0.2, 0.25) is 0 Å². The van der Waals surface area contributed by atoms with Gasteiger partial charge in [0, 0.05) is 17.0 Å². The normalized spacial score (nSPS) is 11.9. The minimum atomic E-state index is -4.08. The summed E-state index contributed by atoms with van der Waals surface area (Å²) in [5.41, 5.74) is 0.972. The summed E-state index contributed by atoms with van der Waals surface area (Å²) in [4.78, 5) is 11.0. The van der Waals surface area contributed by atoms with Gasteiger partial charge in [0.25, 0.3) is 10.0 Å². The number of carbonyl (C=O) groups is 1. The maximum Gasteiger partial charge on any atom is 0.404 e. The van der Waals surface area contributed by atoms with Crippen LogP contribution in [0.4, 0.5) is 9.18 Å². The third kappa shape index (κ3) is 4.05. The Kier molecular flexibility index (Phi) is 5.30. The lowest BCUT2D eigenvalue weighted by atomic mass is 10.1. The SMILES string of the molecule is O=C(O)NCc1cc2cc(F)c(/C=C/c3ccon3)cc2n1S(=O)(=O)c1ccccc1. The topological polar surface area (TPSA) is 114 Å². The van der Waals surface area contributed by atoms with Crippen LogP contribution >= 0.6 is 0 Å². The third-order valence-corrected chi connectivity index (χ3v) is 6.32. The predicted octanol–water partition coefficient (Wildman–Crippen LogP) is 3.94. The van der Waals surface area contributed by atoms with E-state index in [0.717, 1.165) is 3.97 Å². The van der Waals surface area contributed by atoms with E-state index in [1.165, 1.54) is 48.7 Å². The quantitative estimate of drug-likeness (QED) is 0.468. The van der Waals surface area contributed by atoms with Crippen LogP contribution in [0, 0.1) is 5.82 Å². The van der Waals surface area contributed by atoms with Crippen molar-refractivity contribution in [2.75, 3.05) is 0 Å². The molecule has 8 nitrogen and oxygen atoms in total. The fraction of sp³-hybridized carbons (Fsp3) is 0.0476. The van der Waals surface area contributed by atoms with Crippen LogP contribution in [0.15, 0.2) is 70.3 Å². The highest BCUT2D eigenvalue weighted by Gasteiger charge is 2.24. The van der Waals surface area contributed by atoms with E-state index in [-0.39, 0.29) is 28.2 Å². The fourth-order valence-electron chi connectivity index (χ4n) is 3.16. The number of halogens is 1. The molecule has 4 rings (SSSR count). The van der Waals surface area contributed by atoms with E-state index in [1.807, 2.05) is 0 Å². The number of amides is 1. The number of carboxylic acid groups (broad SMARTS) is 1. The monoisotopic (exact) mass is 441 g/mol. The Morgan fingerprint density at radius 2 is 1.94 bits per heavy atom. The third-order valence-electron chi connectivity index (χ3n) is 4.54. The minimum absolute atomic E-state index is 0.0214. The molecule has 0 radical (unpaired) electrons. The molecule has 0 saturated heterocycles. The molecule has 0 fully saturated rings. The molecule has 0 spiro atoms. The summed E-state index contributed by atoms with van der Waals surface area (Å²) in [6.07, 6.45) is 3.04. The van der Waals surface area contributed by atoms with Gasteiger partial charge in [-0.1, -0.05) is 23.4 Å². The highest BCUT2D eigenvalue weighted by atomic mass is 32.2. The molecule has 2 heterocycles. The fourth-order valence-corrected chi connectivity index (χ4v) is 4.71. The van der Waals surface area contributed by atoms with Crippen LogP contribution in [0.5, 0.6) is 0 Å². The van der Waals surface area contributed by atoms with Crippen molar-refractivity contribution in [1.29, 1.82) is 0 Å². The zero-order valence-electron chi connectivity index (χ0n) is 15.9. The summed E-state index contributed by atoms with van der Waals surface area (Å²) in [5.74, 6) is -0.570. The molecular weight excluding hydrogens is 425 g/mol. The number of hydrogen-bond donors (Lipinski definition) is 2.